The third kappa shape index (κ3) is 17.2. The first-order valence-electron chi connectivity index (χ1n) is 30.0. The quantitative estimate of drug-likeness (QED) is 0.0386. The van der Waals surface area contributed by atoms with Crippen LogP contribution in [0.2, 0.25) is 0 Å². The van der Waals surface area contributed by atoms with Crippen LogP contribution in [0.15, 0.2) is 91.0 Å². The lowest BCUT2D eigenvalue weighted by atomic mass is 9.98. The van der Waals surface area contributed by atoms with Gasteiger partial charge in [0.1, 0.15) is 65.2 Å². The Morgan fingerprint density at radius 1 is 0.692 bits per heavy atom. The van der Waals surface area contributed by atoms with Crippen LogP contribution in [0.25, 0.3) is 32.3 Å². The first-order chi connectivity index (χ1) is 43.6. The molecule has 0 spiro atoms. The number of carbonyl (C=O) groups excluding carboxylic acids is 7. The van der Waals surface area contributed by atoms with Crippen LogP contribution in [0.3, 0.4) is 0 Å². The van der Waals surface area contributed by atoms with Gasteiger partial charge in [-0.05, 0) is 79.9 Å². The zero-order valence-electron chi connectivity index (χ0n) is 50.4. The molecule has 0 saturated carbocycles. The zero-order valence-corrected chi connectivity index (χ0v) is 51.2. The van der Waals surface area contributed by atoms with Gasteiger partial charge in [-0.3, -0.25) is 33.6 Å². The van der Waals surface area contributed by atoms with Gasteiger partial charge in [-0.2, -0.15) is 0 Å². The largest absolute Gasteiger partial charge is 0.504 e. The first kappa shape index (κ1) is 68.7. The maximum absolute atomic E-state index is 14.7. The number of ether oxygens (including phenoxy) is 3. The van der Waals surface area contributed by atoms with Crippen molar-refractivity contribution in [1.29, 1.82) is 0 Å². The molecule has 3 fully saturated rings. The molecule has 0 radical (unpaired) electrons. The molecule has 7 amide bonds. The van der Waals surface area contributed by atoms with E-state index in [1.54, 1.807) is 12.1 Å². The molecule has 8 rings (SSSR count). The Hall–Kier alpha value is -8.23. The summed E-state index contributed by atoms with van der Waals surface area (Å²) in [6.45, 7) is 4.52. The molecular formula is C62H79N11O17S. The number of amides is 7. The van der Waals surface area contributed by atoms with Crippen LogP contribution in [0.1, 0.15) is 56.0 Å². The number of nitrogens with one attached hydrogen (secondary N) is 5. The van der Waals surface area contributed by atoms with Crippen molar-refractivity contribution in [3.63, 3.8) is 0 Å². The lowest BCUT2D eigenvalue weighted by molar-refractivity contribution is -0.147. The van der Waals surface area contributed by atoms with Crippen LogP contribution in [-0.2, 0) is 39.9 Å². The van der Waals surface area contributed by atoms with Crippen molar-refractivity contribution in [1.82, 2.24) is 46.6 Å². The van der Waals surface area contributed by atoms with Gasteiger partial charge in [-0.25, -0.2) is 0 Å². The topological polar surface area (TPSA) is 433 Å². The summed E-state index contributed by atoms with van der Waals surface area (Å²) in [5, 5.41) is 101. The molecule has 5 aromatic rings. The Morgan fingerprint density at radius 3 is 1.95 bits per heavy atom. The summed E-state index contributed by atoms with van der Waals surface area (Å²) >= 11 is 1.30. The highest BCUT2D eigenvalue weighted by molar-refractivity contribution is 7.17. The van der Waals surface area contributed by atoms with E-state index in [0.29, 0.717) is 35.4 Å². The fourth-order valence-electron chi connectivity index (χ4n) is 11.0. The number of aliphatic hydroxyl groups excluding tert-OH is 6. The van der Waals surface area contributed by atoms with Crippen molar-refractivity contribution < 1.29 is 83.5 Å². The molecule has 28 nitrogen and oxygen atoms in total. The van der Waals surface area contributed by atoms with E-state index in [-0.39, 0.29) is 55.3 Å². The second kappa shape index (κ2) is 31.7. The molecule has 490 valence electrons. The summed E-state index contributed by atoms with van der Waals surface area (Å²) in [6.07, 6.45) is -11.9. The molecule has 3 aliphatic rings. The van der Waals surface area contributed by atoms with E-state index in [0.717, 1.165) is 39.2 Å². The molecule has 1 aromatic heterocycles. The highest BCUT2D eigenvalue weighted by Crippen LogP contribution is 2.33. The third-order valence-corrected chi connectivity index (χ3v) is 16.9. The molecule has 3 saturated heterocycles. The molecule has 29 heteroatoms. The predicted octanol–water partition coefficient (Wildman–Crippen LogP) is -1.71. The fourth-order valence-corrected chi connectivity index (χ4v) is 11.8. The van der Waals surface area contributed by atoms with Crippen LogP contribution >= 0.6 is 11.3 Å². The number of hydrogen-bond donors (Lipinski definition) is 14. The number of phenolic OH excluding ortho intramolecular Hbond substituents is 1. The van der Waals surface area contributed by atoms with Crippen molar-refractivity contribution in [2.45, 2.75) is 119 Å². The van der Waals surface area contributed by atoms with Crippen molar-refractivity contribution >= 4 is 52.7 Å². The van der Waals surface area contributed by atoms with Crippen molar-refractivity contribution in [2.75, 3.05) is 59.2 Å². The summed E-state index contributed by atoms with van der Waals surface area (Å²) in [5.41, 5.74) is 15.0. The number of rotatable bonds is 20. The summed E-state index contributed by atoms with van der Waals surface area (Å²) in [4.78, 5) is 103. The van der Waals surface area contributed by atoms with Gasteiger partial charge in [0.2, 0.25) is 35.4 Å². The van der Waals surface area contributed by atoms with Crippen molar-refractivity contribution in [3.8, 4) is 49.5 Å². The number of phenols is 1. The summed E-state index contributed by atoms with van der Waals surface area (Å²) in [6, 6.07) is 14.7. The van der Waals surface area contributed by atoms with E-state index in [2.05, 4.69) is 36.8 Å². The second-order valence-corrected chi connectivity index (χ2v) is 23.6. The average Bonchev–Trinajstić information content (AvgIpc) is 1.72. The zero-order chi connectivity index (χ0) is 65.6. The van der Waals surface area contributed by atoms with Gasteiger partial charge < -0.3 is 97.8 Å². The maximum Gasteiger partial charge on any atom is 0.251 e. The van der Waals surface area contributed by atoms with Crippen LogP contribution < -0.4 is 47.5 Å². The van der Waals surface area contributed by atoms with Crippen LogP contribution in [0.5, 0.6) is 17.2 Å². The number of aliphatic hydroxyl groups is 6. The lowest BCUT2D eigenvalue weighted by Crippen LogP contribution is -2.64. The number of aromatic hydroxyl groups is 1. The maximum atomic E-state index is 14.7. The molecule has 0 aliphatic carbocycles. The molecule has 13 atom stereocenters. The fraction of sp³-hybridized carbons (Fsp3) is 0.468. The molecule has 91 heavy (non-hydrogen) atoms. The Morgan fingerprint density at radius 2 is 1.31 bits per heavy atom. The molecule has 4 aromatic carbocycles. The van der Waals surface area contributed by atoms with Gasteiger partial charge in [0, 0.05) is 74.7 Å². The Labute approximate surface area is 528 Å². The number of hydrogen-bond acceptors (Lipinski definition) is 22. The molecule has 4 heterocycles. The van der Waals surface area contributed by atoms with E-state index < -0.39 is 152 Å². The minimum atomic E-state index is -2.05. The summed E-state index contributed by atoms with van der Waals surface area (Å²) in [5.74, 6) is -7.97. The number of benzene rings is 4. The van der Waals surface area contributed by atoms with Crippen LogP contribution in [0, 0.1) is 5.92 Å². The van der Waals surface area contributed by atoms with Crippen molar-refractivity contribution in [3.05, 3.63) is 102 Å². The van der Waals surface area contributed by atoms with Crippen LogP contribution in [0.4, 0.5) is 0 Å². The smallest absolute Gasteiger partial charge is 0.251 e. The first-order valence-corrected chi connectivity index (χ1v) is 30.8. The minimum absolute atomic E-state index is 0.00757. The average molecular weight is 1280 g/mol. The second-order valence-electron chi connectivity index (χ2n) is 22.7. The van der Waals surface area contributed by atoms with Gasteiger partial charge in [0.05, 0.1) is 43.2 Å². The number of nitrogens with zero attached hydrogens (tertiary/aromatic N) is 4. The van der Waals surface area contributed by atoms with Gasteiger partial charge in [0.15, 0.2) is 11.5 Å². The van der Waals surface area contributed by atoms with Gasteiger partial charge >= 0.3 is 0 Å². The Balaban J connectivity index is 1.05. The standard InChI is InChI=1S/C62H79N11O17S/c1-4-88-23-24-89-42-16-14-36(15-17-42)35-6-10-38(11-7-35)59-70-71-60(91-59)39-12-8-37(9-13-39)54(81)66-43-27-40(75)29-65-58(85)52-53(80)32(2)30-73(52)62(87)51(46(78)19-20-63)69-57(84)50(47(79)25-34-5-18-45(77)48(26-34)90-22-21-64)68-56(83)44-28-41(76)31-72(44)61(86)49(33(3)74)67-55(43)82/h5-18,26,32-33,40-41,43-44,46-47,49-53,74-80H,4,19-25,27-31,63-64H2,1-3H3,(H,65,85)(H,66,81)(H,67,82)(H,68,83)(H,69,84)/t32-,33+,40+,41+,43-,44-,46+,47+,49-,50-,51-,52-,53-/m0/s1. The molecule has 3 aliphatic heterocycles. The third-order valence-electron chi connectivity index (χ3n) is 15.9. The molecule has 16 N–H and O–H groups in total. The Bertz CT molecular complexity index is 3320. The predicted molar refractivity (Wildman–Crippen MR) is 329 cm³/mol. The highest BCUT2D eigenvalue weighted by atomic mass is 32.1. The van der Waals surface area contributed by atoms with E-state index in [1.165, 1.54) is 48.6 Å². The number of fused-ring (bicyclic) bond motifs is 2. The number of β-amino-alcohol motifs (C(OH)–C–C–N with tert-alkyl or cyclic N) is 1. The number of carbonyl (C=O) groups is 7. The van der Waals surface area contributed by atoms with E-state index >= 15 is 0 Å². The molecule has 0 bridgehead atoms. The van der Waals surface area contributed by atoms with Gasteiger partial charge in [0.25, 0.3) is 5.91 Å². The number of aromatic nitrogens is 2. The normalized spacial score (nSPS) is 24.8. The highest BCUT2D eigenvalue weighted by Gasteiger charge is 2.50. The van der Waals surface area contributed by atoms with E-state index in [4.69, 9.17) is 25.7 Å². The number of nitrogens with two attached hydrogens (primary N) is 2. The monoisotopic (exact) mass is 1280 g/mol. The SMILES string of the molecule is CCOCCOc1ccc(-c2ccc(-c3nnc(-c4ccc(C(=O)N[C@H]5C[C@@H](O)CNC(=O)[C@@H]6[C@@H](O)[C@@H](C)CN6C(=O)[C@H]([C@H](O)CCN)NC(=O)[C@H]([C@H](O)Cc6ccc(O)c(OCCN)c6)NC(=O)[C@@H]6C[C@@H](O)CN6C(=O)[C@H]([C@@H](C)O)NC5=O)cc4)s3)cc2)cc1. The van der Waals surface area contributed by atoms with Crippen LogP contribution in [-0.4, -0.2) is 229 Å². The van der Waals surface area contributed by atoms with Gasteiger partial charge in [-0.15, -0.1) is 10.2 Å². The van der Waals surface area contributed by atoms with Crippen molar-refractivity contribution in [2.24, 2.45) is 17.4 Å². The minimum Gasteiger partial charge on any atom is -0.504 e. The van der Waals surface area contributed by atoms with E-state index in [1.807, 2.05) is 55.5 Å². The summed E-state index contributed by atoms with van der Waals surface area (Å²) < 4.78 is 16.6. The molecular weight excluding hydrogens is 1200 g/mol. The van der Waals surface area contributed by atoms with E-state index in [9.17, 15) is 69.3 Å². The van der Waals surface area contributed by atoms with Gasteiger partial charge in [-0.1, -0.05) is 72.9 Å². The molecule has 0 unspecified atom stereocenters. The Kier molecular flexibility index (Phi) is 23.9. The summed E-state index contributed by atoms with van der Waals surface area (Å²) in [7, 11) is 0. The lowest BCUT2D eigenvalue weighted by Gasteiger charge is -2.34.